The van der Waals surface area contributed by atoms with E-state index in [2.05, 4.69) is 0 Å². The van der Waals surface area contributed by atoms with E-state index < -0.39 is 0 Å². The minimum absolute atomic E-state index is 0.122. The standard InChI is InChI=1S/C15H13FN2O/c1-10-8-18(15(19)13(7-17)11(10)2)9-12-5-3-4-6-14(12)16/h3-6,8H,9H2,1-2H3. The molecule has 0 bridgehead atoms. The highest BCUT2D eigenvalue weighted by atomic mass is 19.1. The zero-order chi connectivity index (χ0) is 14.0. The molecule has 0 unspecified atom stereocenters. The maximum Gasteiger partial charge on any atom is 0.269 e. The molecule has 0 aliphatic rings. The predicted molar refractivity (Wildman–Crippen MR) is 70.4 cm³/mol. The van der Waals surface area contributed by atoms with Crippen LogP contribution in [0.15, 0.2) is 35.3 Å². The van der Waals surface area contributed by atoms with Crippen LogP contribution in [-0.4, -0.2) is 4.57 Å². The molecule has 1 aromatic heterocycles. The molecule has 0 saturated carbocycles. The monoisotopic (exact) mass is 256 g/mol. The van der Waals surface area contributed by atoms with Crippen LogP contribution in [0, 0.1) is 31.0 Å². The van der Waals surface area contributed by atoms with Gasteiger partial charge in [0.25, 0.3) is 5.56 Å². The molecule has 2 aromatic rings. The quantitative estimate of drug-likeness (QED) is 0.828. The van der Waals surface area contributed by atoms with Gasteiger partial charge in [0, 0.05) is 11.8 Å². The number of pyridine rings is 1. The van der Waals surface area contributed by atoms with Crippen molar-refractivity contribution >= 4 is 0 Å². The highest BCUT2D eigenvalue weighted by Gasteiger charge is 2.11. The van der Waals surface area contributed by atoms with E-state index >= 15 is 0 Å². The first kappa shape index (κ1) is 13.0. The van der Waals surface area contributed by atoms with Crippen LogP contribution in [-0.2, 0) is 6.54 Å². The van der Waals surface area contributed by atoms with Crippen molar-refractivity contribution in [2.75, 3.05) is 0 Å². The van der Waals surface area contributed by atoms with Crippen LogP contribution in [0.25, 0.3) is 0 Å². The van der Waals surface area contributed by atoms with E-state index in [0.717, 1.165) is 5.56 Å². The second-order valence-corrected chi connectivity index (χ2v) is 4.45. The van der Waals surface area contributed by atoms with Gasteiger partial charge < -0.3 is 4.57 Å². The number of nitrogens with zero attached hydrogens (tertiary/aromatic N) is 2. The number of benzene rings is 1. The second kappa shape index (κ2) is 5.07. The van der Waals surface area contributed by atoms with Gasteiger partial charge in [0.2, 0.25) is 0 Å². The van der Waals surface area contributed by atoms with Gasteiger partial charge in [-0.05, 0) is 31.0 Å². The second-order valence-electron chi connectivity index (χ2n) is 4.45. The third-order valence-electron chi connectivity index (χ3n) is 3.20. The van der Waals surface area contributed by atoms with Crippen LogP contribution >= 0.6 is 0 Å². The zero-order valence-electron chi connectivity index (χ0n) is 10.8. The Labute approximate surface area is 110 Å². The fourth-order valence-corrected chi connectivity index (χ4v) is 1.95. The van der Waals surface area contributed by atoms with E-state index in [1.54, 1.807) is 31.3 Å². The summed E-state index contributed by atoms with van der Waals surface area (Å²) < 4.78 is 15.0. The minimum Gasteiger partial charge on any atom is -0.310 e. The van der Waals surface area contributed by atoms with Crippen molar-refractivity contribution in [1.29, 1.82) is 5.26 Å². The number of aryl methyl sites for hydroxylation is 1. The maximum absolute atomic E-state index is 13.6. The van der Waals surface area contributed by atoms with Crippen molar-refractivity contribution in [3.05, 3.63) is 68.9 Å². The topological polar surface area (TPSA) is 45.8 Å². The predicted octanol–water partition coefficient (Wildman–Crippen LogP) is 2.52. The SMILES string of the molecule is Cc1cn(Cc2ccccc2F)c(=O)c(C#N)c1C. The molecule has 0 radical (unpaired) electrons. The molecule has 1 heterocycles. The molecule has 0 spiro atoms. The highest BCUT2D eigenvalue weighted by molar-refractivity contribution is 5.39. The van der Waals surface area contributed by atoms with Gasteiger partial charge in [0.05, 0.1) is 6.54 Å². The van der Waals surface area contributed by atoms with Crippen LogP contribution in [0.1, 0.15) is 22.3 Å². The summed E-state index contributed by atoms with van der Waals surface area (Å²) in [6.07, 6.45) is 1.66. The molecule has 2 rings (SSSR count). The molecule has 4 heteroatoms. The van der Waals surface area contributed by atoms with E-state index in [-0.39, 0.29) is 23.5 Å². The number of hydrogen-bond donors (Lipinski definition) is 0. The summed E-state index contributed by atoms with van der Waals surface area (Å²) in [6, 6.07) is 8.22. The van der Waals surface area contributed by atoms with E-state index in [1.165, 1.54) is 10.6 Å². The molecule has 0 amide bonds. The number of aromatic nitrogens is 1. The lowest BCUT2D eigenvalue weighted by atomic mass is 10.1. The summed E-state index contributed by atoms with van der Waals surface area (Å²) in [4.78, 5) is 12.1. The lowest BCUT2D eigenvalue weighted by Crippen LogP contribution is -2.25. The molecule has 0 fully saturated rings. The van der Waals surface area contributed by atoms with Crippen LogP contribution in [0.4, 0.5) is 4.39 Å². The Morgan fingerprint density at radius 3 is 2.63 bits per heavy atom. The molecule has 0 atom stereocenters. The van der Waals surface area contributed by atoms with Crippen LogP contribution in [0.2, 0.25) is 0 Å². The lowest BCUT2D eigenvalue weighted by molar-refractivity contribution is 0.595. The normalized spacial score (nSPS) is 10.2. The summed E-state index contributed by atoms with van der Waals surface area (Å²) in [5.41, 5.74) is 1.69. The Balaban J connectivity index is 2.54. The van der Waals surface area contributed by atoms with Gasteiger partial charge in [-0.15, -0.1) is 0 Å². The molecular formula is C15H13FN2O. The summed E-state index contributed by atoms with van der Waals surface area (Å²) in [7, 11) is 0. The Kier molecular flexibility index (Phi) is 3.48. The first-order valence-electron chi connectivity index (χ1n) is 5.88. The van der Waals surface area contributed by atoms with Crippen LogP contribution in [0.5, 0.6) is 0 Å². The van der Waals surface area contributed by atoms with Gasteiger partial charge >= 0.3 is 0 Å². The fourth-order valence-electron chi connectivity index (χ4n) is 1.95. The third kappa shape index (κ3) is 2.41. The molecular weight excluding hydrogens is 243 g/mol. The van der Waals surface area contributed by atoms with Crippen molar-refractivity contribution in [3.8, 4) is 6.07 Å². The van der Waals surface area contributed by atoms with Crippen molar-refractivity contribution in [3.63, 3.8) is 0 Å². The Morgan fingerprint density at radius 2 is 2.00 bits per heavy atom. The summed E-state index contributed by atoms with van der Waals surface area (Å²) >= 11 is 0. The van der Waals surface area contributed by atoms with Crippen molar-refractivity contribution in [2.45, 2.75) is 20.4 Å². The van der Waals surface area contributed by atoms with Gasteiger partial charge in [-0.25, -0.2) is 4.39 Å². The van der Waals surface area contributed by atoms with Gasteiger partial charge in [0.1, 0.15) is 17.4 Å². The number of halogens is 1. The van der Waals surface area contributed by atoms with Crippen molar-refractivity contribution < 1.29 is 4.39 Å². The number of rotatable bonds is 2. The highest BCUT2D eigenvalue weighted by Crippen LogP contribution is 2.11. The van der Waals surface area contributed by atoms with Gasteiger partial charge in [-0.1, -0.05) is 18.2 Å². The third-order valence-corrected chi connectivity index (χ3v) is 3.20. The Hall–Kier alpha value is -2.41. The van der Waals surface area contributed by atoms with Crippen LogP contribution < -0.4 is 5.56 Å². The molecule has 0 aliphatic carbocycles. The molecule has 0 N–H and O–H groups in total. The Bertz CT molecular complexity index is 726. The molecule has 1 aromatic carbocycles. The van der Waals surface area contributed by atoms with Gasteiger partial charge in [0.15, 0.2) is 0 Å². The van der Waals surface area contributed by atoms with Crippen molar-refractivity contribution in [2.24, 2.45) is 0 Å². The smallest absolute Gasteiger partial charge is 0.269 e. The van der Waals surface area contributed by atoms with E-state index in [0.29, 0.717) is 11.1 Å². The molecule has 0 aliphatic heterocycles. The first-order valence-corrected chi connectivity index (χ1v) is 5.88. The molecule has 3 nitrogen and oxygen atoms in total. The summed E-state index contributed by atoms with van der Waals surface area (Å²) in [5, 5.41) is 9.03. The molecule has 0 saturated heterocycles. The largest absolute Gasteiger partial charge is 0.310 e. The van der Waals surface area contributed by atoms with E-state index in [1.807, 2.05) is 13.0 Å². The zero-order valence-corrected chi connectivity index (χ0v) is 10.8. The Morgan fingerprint density at radius 1 is 1.32 bits per heavy atom. The number of nitriles is 1. The maximum atomic E-state index is 13.6. The summed E-state index contributed by atoms with van der Waals surface area (Å²) in [5.74, 6) is -0.355. The minimum atomic E-state index is -0.381. The van der Waals surface area contributed by atoms with E-state index in [9.17, 15) is 9.18 Å². The van der Waals surface area contributed by atoms with Gasteiger partial charge in [-0.2, -0.15) is 5.26 Å². The van der Waals surface area contributed by atoms with Gasteiger partial charge in [-0.3, -0.25) is 4.79 Å². The average molecular weight is 256 g/mol. The van der Waals surface area contributed by atoms with E-state index in [4.69, 9.17) is 5.26 Å². The molecule has 19 heavy (non-hydrogen) atoms. The van der Waals surface area contributed by atoms with Crippen molar-refractivity contribution in [1.82, 2.24) is 4.57 Å². The molecule has 96 valence electrons. The number of hydrogen-bond acceptors (Lipinski definition) is 2. The summed E-state index contributed by atoms with van der Waals surface area (Å²) in [6.45, 7) is 3.69. The lowest BCUT2D eigenvalue weighted by Gasteiger charge is -2.10. The average Bonchev–Trinajstić information content (AvgIpc) is 2.39. The van der Waals surface area contributed by atoms with Crippen LogP contribution in [0.3, 0.4) is 0 Å². The first-order chi connectivity index (χ1) is 9.04. The fraction of sp³-hybridized carbons (Fsp3) is 0.200.